The van der Waals surface area contributed by atoms with Crippen molar-refractivity contribution in [3.05, 3.63) is 54.1 Å². The third kappa shape index (κ3) is 6.03. The van der Waals surface area contributed by atoms with E-state index in [1.807, 2.05) is 6.92 Å². The van der Waals surface area contributed by atoms with Crippen LogP contribution < -0.4 is 14.8 Å². The number of carbonyl (C=O) groups is 2. The van der Waals surface area contributed by atoms with Crippen LogP contribution in [0.3, 0.4) is 0 Å². The fourth-order valence-corrected chi connectivity index (χ4v) is 3.57. The van der Waals surface area contributed by atoms with Gasteiger partial charge in [0.1, 0.15) is 11.8 Å². The van der Waals surface area contributed by atoms with Crippen LogP contribution >= 0.6 is 0 Å². The molecule has 8 nitrogen and oxygen atoms in total. The molecule has 0 aromatic heterocycles. The van der Waals surface area contributed by atoms with Crippen LogP contribution in [0, 0.1) is 6.92 Å². The first-order chi connectivity index (χ1) is 13.6. The van der Waals surface area contributed by atoms with Crippen LogP contribution in [0.4, 0.5) is 5.69 Å². The number of amides is 1. The number of esters is 1. The topological polar surface area (TPSA) is 111 Å². The molecule has 9 heteroatoms. The molecular weight excluding hydrogens is 396 g/mol. The summed E-state index contributed by atoms with van der Waals surface area (Å²) in [4.78, 5) is 24.6. The first-order valence-electron chi connectivity index (χ1n) is 8.87. The summed E-state index contributed by atoms with van der Waals surface area (Å²) in [7, 11) is -2.43. The second-order valence-electron chi connectivity index (χ2n) is 6.42. The predicted octanol–water partition coefficient (Wildman–Crippen LogP) is 2.24. The Morgan fingerprint density at radius 2 is 1.62 bits per heavy atom. The van der Waals surface area contributed by atoms with E-state index in [0.29, 0.717) is 11.4 Å². The number of ether oxygens (including phenoxy) is 2. The Morgan fingerprint density at radius 1 is 1.00 bits per heavy atom. The Kier molecular flexibility index (Phi) is 7.35. The molecular formula is C20H24N2O6S. The number of sulfonamides is 1. The van der Waals surface area contributed by atoms with Gasteiger partial charge in [-0.15, -0.1) is 0 Å². The highest BCUT2D eigenvalue weighted by molar-refractivity contribution is 7.89. The molecule has 2 rings (SSSR count). The fourth-order valence-electron chi connectivity index (χ4n) is 2.38. The molecule has 2 aromatic carbocycles. The zero-order valence-corrected chi connectivity index (χ0v) is 17.4. The molecule has 0 aliphatic heterocycles. The summed E-state index contributed by atoms with van der Waals surface area (Å²) in [5, 5.41) is 2.61. The SMILES string of the molecule is COc1ccccc1NC(=O)[C@@H](C)OC(=O)[C@H](C)NS(=O)(=O)c1ccc(C)cc1. The predicted molar refractivity (Wildman–Crippen MR) is 108 cm³/mol. The Balaban J connectivity index is 1.97. The van der Waals surface area contributed by atoms with Crippen molar-refractivity contribution in [2.24, 2.45) is 0 Å². The molecule has 2 atom stereocenters. The summed E-state index contributed by atoms with van der Waals surface area (Å²) in [6, 6.07) is 11.8. The van der Waals surface area contributed by atoms with E-state index >= 15 is 0 Å². The number of carbonyl (C=O) groups excluding carboxylic acids is 2. The van der Waals surface area contributed by atoms with Crippen molar-refractivity contribution in [2.75, 3.05) is 12.4 Å². The van der Waals surface area contributed by atoms with Gasteiger partial charge in [0.25, 0.3) is 5.91 Å². The van der Waals surface area contributed by atoms with Crippen molar-refractivity contribution < 1.29 is 27.5 Å². The van der Waals surface area contributed by atoms with Gasteiger partial charge >= 0.3 is 5.97 Å². The van der Waals surface area contributed by atoms with Gasteiger partial charge in [0.2, 0.25) is 10.0 Å². The van der Waals surface area contributed by atoms with Gasteiger partial charge in [-0.2, -0.15) is 4.72 Å². The Morgan fingerprint density at radius 3 is 2.24 bits per heavy atom. The van der Waals surface area contributed by atoms with Crippen LogP contribution in [-0.2, 0) is 24.3 Å². The average Bonchev–Trinajstić information content (AvgIpc) is 2.68. The van der Waals surface area contributed by atoms with Gasteiger partial charge in [-0.1, -0.05) is 29.8 Å². The van der Waals surface area contributed by atoms with Gasteiger partial charge in [0.05, 0.1) is 17.7 Å². The van der Waals surface area contributed by atoms with E-state index in [4.69, 9.17) is 9.47 Å². The average molecular weight is 420 g/mol. The highest BCUT2D eigenvalue weighted by Gasteiger charge is 2.26. The first-order valence-corrected chi connectivity index (χ1v) is 10.4. The summed E-state index contributed by atoms with van der Waals surface area (Å²) in [5.74, 6) is -0.988. The number of nitrogens with one attached hydrogen (secondary N) is 2. The van der Waals surface area contributed by atoms with Crippen LogP contribution in [0.1, 0.15) is 19.4 Å². The van der Waals surface area contributed by atoms with Crippen LogP contribution in [0.15, 0.2) is 53.4 Å². The number of rotatable bonds is 8. The molecule has 0 saturated carbocycles. The lowest BCUT2D eigenvalue weighted by molar-refractivity contribution is -0.154. The van der Waals surface area contributed by atoms with Gasteiger partial charge < -0.3 is 14.8 Å². The molecule has 0 radical (unpaired) electrons. The van der Waals surface area contributed by atoms with Crippen molar-refractivity contribution in [3.63, 3.8) is 0 Å². The standard InChI is InChI=1S/C20H24N2O6S/c1-13-9-11-16(12-10-13)29(25,26)22-14(2)20(24)28-15(3)19(23)21-17-7-5-6-8-18(17)27-4/h5-12,14-15,22H,1-4H3,(H,21,23)/t14-,15+/m0/s1. The van der Waals surface area contributed by atoms with Gasteiger partial charge in [-0.05, 0) is 45.0 Å². The lowest BCUT2D eigenvalue weighted by Crippen LogP contribution is -2.42. The normalized spacial score (nSPS) is 13.2. The van der Waals surface area contributed by atoms with E-state index in [1.54, 1.807) is 36.4 Å². The van der Waals surface area contributed by atoms with E-state index < -0.39 is 34.0 Å². The second-order valence-corrected chi connectivity index (χ2v) is 8.14. The quantitative estimate of drug-likeness (QED) is 0.634. The Labute approximate surface area is 170 Å². The molecule has 2 aromatic rings. The number of hydrogen-bond donors (Lipinski definition) is 2. The molecule has 0 spiro atoms. The molecule has 0 fully saturated rings. The lowest BCUT2D eigenvalue weighted by Gasteiger charge is -2.18. The van der Waals surface area contributed by atoms with Crippen molar-refractivity contribution in [1.82, 2.24) is 4.72 Å². The maximum atomic E-state index is 12.4. The van der Waals surface area contributed by atoms with Crippen LogP contribution in [-0.4, -0.2) is 39.5 Å². The molecule has 0 bridgehead atoms. The molecule has 156 valence electrons. The number of para-hydroxylation sites is 2. The number of methoxy groups -OCH3 is 1. The number of hydrogen-bond acceptors (Lipinski definition) is 6. The largest absolute Gasteiger partial charge is 0.495 e. The van der Waals surface area contributed by atoms with Crippen LogP contribution in [0.25, 0.3) is 0 Å². The molecule has 0 unspecified atom stereocenters. The van der Waals surface area contributed by atoms with Gasteiger partial charge in [0.15, 0.2) is 6.10 Å². The first kappa shape index (κ1) is 22.4. The van der Waals surface area contributed by atoms with Gasteiger partial charge in [-0.25, -0.2) is 8.42 Å². The molecule has 0 aliphatic rings. The molecule has 1 amide bonds. The van der Waals surface area contributed by atoms with Gasteiger partial charge in [-0.3, -0.25) is 9.59 Å². The van der Waals surface area contributed by atoms with Crippen molar-refractivity contribution >= 4 is 27.6 Å². The minimum Gasteiger partial charge on any atom is -0.495 e. The monoisotopic (exact) mass is 420 g/mol. The lowest BCUT2D eigenvalue weighted by atomic mass is 10.2. The van der Waals surface area contributed by atoms with E-state index in [9.17, 15) is 18.0 Å². The molecule has 2 N–H and O–H groups in total. The maximum absolute atomic E-state index is 12.4. The fraction of sp³-hybridized carbons (Fsp3) is 0.300. The van der Waals surface area contributed by atoms with Crippen molar-refractivity contribution in [2.45, 2.75) is 37.8 Å². The third-order valence-corrected chi connectivity index (χ3v) is 5.60. The van der Waals surface area contributed by atoms with Crippen LogP contribution in [0.5, 0.6) is 5.75 Å². The molecule has 29 heavy (non-hydrogen) atoms. The molecule has 0 saturated heterocycles. The Hall–Kier alpha value is -2.91. The summed E-state index contributed by atoms with van der Waals surface area (Å²) in [6.45, 7) is 4.57. The minimum absolute atomic E-state index is 0.0321. The maximum Gasteiger partial charge on any atom is 0.324 e. The summed E-state index contributed by atoms with van der Waals surface area (Å²) in [6.07, 6.45) is -1.14. The van der Waals surface area contributed by atoms with E-state index in [-0.39, 0.29) is 4.90 Å². The third-order valence-electron chi connectivity index (χ3n) is 4.04. The smallest absolute Gasteiger partial charge is 0.324 e. The highest BCUT2D eigenvalue weighted by Crippen LogP contribution is 2.23. The summed E-state index contributed by atoms with van der Waals surface area (Å²) < 4.78 is 37.3. The number of anilines is 1. The van der Waals surface area contributed by atoms with Crippen molar-refractivity contribution in [3.8, 4) is 5.75 Å². The molecule has 0 heterocycles. The number of benzene rings is 2. The van der Waals surface area contributed by atoms with E-state index in [1.165, 1.54) is 33.1 Å². The second kappa shape index (κ2) is 9.53. The minimum atomic E-state index is -3.90. The zero-order chi connectivity index (χ0) is 21.6. The zero-order valence-electron chi connectivity index (χ0n) is 16.6. The molecule has 0 aliphatic carbocycles. The van der Waals surface area contributed by atoms with E-state index in [2.05, 4.69) is 10.0 Å². The number of aryl methyl sites for hydroxylation is 1. The summed E-state index contributed by atoms with van der Waals surface area (Å²) >= 11 is 0. The summed E-state index contributed by atoms with van der Waals surface area (Å²) in [5.41, 5.74) is 1.34. The van der Waals surface area contributed by atoms with Crippen LogP contribution in [0.2, 0.25) is 0 Å². The Bertz CT molecular complexity index is 973. The van der Waals surface area contributed by atoms with Crippen molar-refractivity contribution in [1.29, 1.82) is 0 Å². The van der Waals surface area contributed by atoms with Gasteiger partial charge in [0, 0.05) is 0 Å². The van der Waals surface area contributed by atoms with E-state index in [0.717, 1.165) is 5.56 Å². The highest BCUT2D eigenvalue weighted by atomic mass is 32.2.